The molecule has 0 saturated carbocycles. The van der Waals surface area contributed by atoms with E-state index < -0.39 is 0 Å². The van der Waals surface area contributed by atoms with Crippen molar-refractivity contribution in [1.29, 1.82) is 0 Å². The highest BCUT2D eigenvalue weighted by atomic mass is 16.3. The Bertz CT molecular complexity index is 703. The van der Waals surface area contributed by atoms with Gasteiger partial charge in [-0.2, -0.15) is 5.10 Å². The van der Waals surface area contributed by atoms with Crippen molar-refractivity contribution >= 4 is 5.82 Å². The van der Waals surface area contributed by atoms with E-state index in [1.807, 2.05) is 10.9 Å². The van der Waals surface area contributed by atoms with Crippen LogP contribution >= 0.6 is 0 Å². The second-order valence-electron chi connectivity index (χ2n) is 7.22. The van der Waals surface area contributed by atoms with Crippen molar-refractivity contribution in [2.24, 2.45) is 5.92 Å². The number of aliphatic hydroxyl groups is 1. The molecule has 2 aromatic heterocycles. The van der Waals surface area contributed by atoms with Gasteiger partial charge in [0.2, 0.25) is 0 Å². The molecule has 0 unspecified atom stereocenters. The summed E-state index contributed by atoms with van der Waals surface area (Å²) in [6, 6.07) is 0.543. The lowest BCUT2D eigenvalue weighted by molar-refractivity contribution is 0.126. The van der Waals surface area contributed by atoms with Gasteiger partial charge in [0.05, 0.1) is 25.0 Å². The van der Waals surface area contributed by atoms with Crippen LogP contribution < -0.4 is 4.90 Å². The molecule has 0 radical (unpaired) electrons. The Balaban J connectivity index is 1.49. The second kappa shape index (κ2) is 7.09. The number of piperidine rings is 1. The molecular formula is C18H26N6O. The van der Waals surface area contributed by atoms with Crippen molar-refractivity contribution in [2.45, 2.75) is 38.9 Å². The molecule has 2 bridgehead atoms. The predicted octanol–water partition coefficient (Wildman–Crippen LogP) is 1.07. The van der Waals surface area contributed by atoms with E-state index in [1.165, 1.54) is 18.4 Å². The number of nitrogens with zero attached hydrogens (tertiary/aromatic N) is 6. The number of hydrogen-bond donors (Lipinski definition) is 1. The molecule has 1 N–H and O–H groups in total. The van der Waals surface area contributed by atoms with E-state index >= 15 is 0 Å². The first-order valence-electron chi connectivity index (χ1n) is 9.11. The lowest BCUT2D eigenvalue weighted by Gasteiger charge is -2.35. The third-order valence-electron chi connectivity index (χ3n) is 5.45. The van der Waals surface area contributed by atoms with Crippen LogP contribution in [0.5, 0.6) is 0 Å². The molecule has 3 aliphatic heterocycles. The van der Waals surface area contributed by atoms with Crippen LogP contribution in [0.3, 0.4) is 0 Å². The van der Waals surface area contributed by atoms with Gasteiger partial charge in [-0.15, -0.1) is 0 Å². The normalized spacial score (nSPS) is 23.8. The van der Waals surface area contributed by atoms with E-state index in [1.54, 1.807) is 12.4 Å². The van der Waals surface area contributed by atoms with E-state index in [0.717, 1.165) is 37.7 Å². The molecule has 2 atom stereocenters. The number of aliphatic hydroxyl groups excluding tert-OH is 1. The minimum absolute atomic E-state index is 0.127. The first-order valence-corrected chi connectivity index (χ1v) is 9.11. The van der Waals surface area contributed by atoms with Crippen molar-refractivity contribution in [3.63, 3.8) is 0 Å². The Kier molecular flexibility index (Phi) is 4.67. The second-order valence-corrected chi connectivity index (χ2v) is 7.22. The lowest BCUT2D eigenvalue weighted by Crippen LogP contribution is -2.43. The molecule has 0 aliphatic carbocycles. The number of aryl methyl sites for hydroxylation is 1. The van der Waals surface area contributed by atoms with Gasteiger partial charge in [0.15, 0.2) is 0 Å². The largest absolute Gasteiger partial charge is 0.394 e. The van der Waals surface area contributed by atoms with Gasteiger partial charge in [0.1, 0.15) is 5.82 Å². The van der Waals surface area contributed by atoms with Crippen LogP contribution in [0.25, 0.3) is 0 Å². The van der Waals surface area contributed by atoms with Gasteiger partial charge in [-0.25, -0.2) is 4.98 Å². The fraction of sp³-hybridized carbons (Fsp3) is 0.611. The highest BCUT2D eigenvalue weighted by Crippen LogP contribution is 2.31. The molecule has 3 aliphatic rings. The van der Waals surface area contributed by atoms with E-state index in [4.69, 9.17) is 5.11 Å². The highest BCUT2D eigenvalue weighted by Gasteiger charge is 2.35. The summed E-state index contributed by atoms with van der Waals surface area (Å²) < 4.78 is 1.85. The smallest absolute Gasteiger partial charge is 0.147 e. The zero-order valence-corrected chi connectivity index (χ0v) is 14.8. The van der Waals surface area contributed by atoms with Crippen LogP contribution in [0.4, 0.5) is 5.82 Å². The zero-order chi connectivity index (χ0) is 17.2. The van der Waals surface area contributed by atoms with Crippen LogP contribution in [-0.2, 0) is 13.1 Å². The predicted molar refractivity (Wildman–Crippen MR) is 95.2 cm³/mol. The van der Waals surface area contributed by atoms with Gasteiger partial charge in [-0.05, 0) is 25.7 Å². The van der Waals surface area contributed by atoms with Crippen molar-refractivity contribution in [2.75, 3.05) is 31.1 Å². The monoisotopic (exact) mass is 342 g/mol. The van der Waals surface area contributed by atoms with Gasteiger partial charge in [0, 0.05) is 56.4 Å². The number of rotatable bonds is 5. The lowest BCUT2D eigenvalue weighted by atomic mass is 9.94. The molecular weight excluding hydrogens is 316 g/mol. The topological polar surface area (TPSA) is 70.3 Å². The maximum absolute atomic E-state index is 9.11. The molecule has 2 aromatic rings. The Labute approximate surface area is 148 Å². The SMILES string of the molecule is Cc1nn(CCO)cc1CN1C[C@H]2CC[C@@H]1CN(c1cnccn1)C2. The van der Waals surface area contributed by atoms with Crippen molar-refractivity contribution in [3.05, 3.63) is 36.0 Å². The zero-order valence-electron chi connectivity index (χ0n) is 14.8. The Morgan fingerprint density at radius 2 is 2.12 bits per heavy atom. The number of anilines is 1. The van der Waals surface area contributed by atoms with E-state index in [0.29, 0.717) is 18.5 Å². The molecule has 7 nitrogen and oxygen atoms in total. The van der Waals surface area contributed by atoms with E-state index in [-0.39, 0.29) is 6.61 Å². The first kappa shape index (κ1) is 16.5. The van der Waals surface area contributed by atoms with Crippen LogP contribution in [0, 0.1) is 12.8 Å². The molecule has 7 heteroatoms. The standard InChI is InChI=1S/C18H26N6O/c1-14-16(12-24(21-14)6-7-25)11-22-9-15-2-3-17(22)13-23(10-15)18-8-19-4-5-20-18/h4-5,8,12,15,17,25H,2-3,6-7,9-11,13H2,1H3/t15-,17-/m1/s1. The number of hydrogen-bond acceptors (Lipinski definition) is 6. The van der Waals surface area contributed by atoms with Gasteiger partial charge in [-0.3, -0.25) is 14.6 Å². The molecule has 0 aromatic carbocycles. The molecule has 25 heavy (non-hydrogen) atoms. The van der Waals surface area contributed by atoms with E-state index in [9.17, 15) is 0 Å². The van der Waals surface area contributed by atoms with Crippen molar-refractivity contribution in [1.82, 2.24) is 24.6 Å². The average molecular weight is 342 g/mol. The van der Waals surface area contributed by atoms with Crippen molar-refractivity contribution < 1.29 is 5.11 Å². The summed E-state index contributed by atoms with van der Waals surface area (Å²) in [5.74, 6) is 1.67. The number of fused-ring (bicyclic) bond motifs is 4. The maximum Gasteiger partial charge on any atom is 0.147 e. The Morgan fingerprint density at radius 1 is 1.20 bits per heavy atom. The molecule has 0 spiro atoms. The molecule has 5 heterocycles. The van der Waals surface area contributed by atoms with Gasteiger partial charge >= 0.3 is 0 Å². The molecule has 134 valence electrons. The van der Waals surface area contributed by atoms with Gasteiger partial charge < -0.3 is 10.0 Å². The van der Waals surface area contributed by atoms with Crippen LogP contribution in [-0.4, -0.2) is 62.0 Å². The summed E-state index contributed by atoms with van der Waals surface area (Å²) in [6.07, 6.45) is 10.0. The number of aromatic nitrogens is 4. The summed E-state index contributed by atoms with van der Waals surface area (Å²) >= 11 is 0. The van der Waals surface area contributed by atoms with E-state index in [2.05, 4.69) is 38.0 Å². The minimum atomic E-state index is 0.127. The molecule has 3 saturated heterocycles. The summed E-state index contributed by atoms with van der Waals surface area (Å²) in [5.41, 5.74) is 2.34. The van der Waals surface area contributed by atoms with Gasteiger partial charge in [0.25, 0.3) is 0 Å². The minimum Gasteiger partial charge on any atom is -0.394 e. The molecule has 5 rings (SSSR count). The average Bonchev–Trinajstić information content (AvgIpc) is 2.79. The maximum atomic E-state index is 9.11. The fourth-order valence-electron chi connectivity index (χ4n) is 4.16. The quantitative estimate of drug-likeness (QED) is 0.877. The highest BCUT2D eigenvalue weighted by molar-refractivity contribution is 5.36. The fourth-order valence-corrected chi connectivity index (χ4v) is 4.16. The Morgan fingerprint density at radius 3 is 2.92 bits per heavy atom. The third kappa shape index (κ3) is 3.52. The van der Waals surface area contributed by atoms with Crippen LogP contribution in [0.15, 0.2) is 24.8 Å². The summed E-state index contributed by atoms with van der Waals surface area (Å²) in [5, 5.41) is 13.6. The Hall–Kier alpha value is -1.99. The summed E-state index contributed by atoms with van der Waals surface area (Å²) in [6.45, 7) is 6.90. The van der Waals surface area contributed by atoms with Gasteiger partial charge in [-0.1, -0.05) is 0 Å². The third-order valence-corrected chi connectivity index (χ3v) is 5.45. The van der Waals surface area contributed by atoms with Crippen LogP contribution in [0.1, 0.15) is 24.1 Å². The van der Waals surface area contributed by atoms with Crippen LogP contribution in [0.2, 0.25) is 0 Å². The van der Waals surface area contributed by atoms with Crippen molar-refractivity contribution in [3.8, 4) is 0 Å². The molecule has 0 amide bonds. The summed E-state index contributed by atoms with van der Waals surface area (Å²) in [4.78, 5) is 13.7. The molecule has 3 fully saturated rings. The first-order chi connectivity index (χ1) is 12.2. The summed E-state index contributed by atoms with van der Waals surface area (Å²) in [7, 11) is 0.